The van der Waals surface area contributed by atoms with Gasteiger partial charge < -0.3 is 0 Å². The minimum absolute atomic E-state index is 0.919. The van der Waals surface area contributed by atoms with Crippen LogP contribution in [-0.4, -0.2) is 29.0 Å². The molecule has 0 unspecified atom stereocenters. The van der Waals surface area contributed by atoms with E-state index in [9.17, 15) is 0 Å². The summed E-state index contributed by atoms with van der Waals surface area (Å²) in [6, 6.07) is 8.45. The van der Waals surface area contributed by atoms with Crippen molar-refractivity contribution >= 4 is 27.1 Å². The number of hydrogen-bond donors (Lipinski definition) is 0. The van der Waals surface area contributed by atoms with Crippen LogP contribution in [0.2, 0.25) is 28.9 Å². The van der Waals surface area contributed by atoms with Gasteiger partial charge in [0, 0.05) is 0 Å². The topological polar surface area (TPSA) is 18.5 Å². The molecule has 0 radical (unpaired) electrons. The molecule has 0 saturated heterocycles. The van der Waals surface area contributed by atoms with Gasteiger partial charge in [0.2, 0.25) is 0 Å². The Labute approximate surface area is 122 Å². The normalized spacial score (nSPS) is 12.5. The third-order valence-corrected chi connectivity index (χ3v) is 20.9. The van der Waals surface area contributed by atoms with Gasteiger partial charge in [-0.05, 0) is 0 Å². The Morgan fingerprint density at radius 3 is 1.79 bits per heavy atom. The summed E-state index contributed by atoms with van der Waals surface area (Å²) in [4.78, 5) is 0. The van der Waals surface area contributed by atoms with Crippen molar-refractivity contribution < 1.29 is 8.19 Å². The Balaban J connectivity index is 2.95. The Hall–Kier alpha value is -0.260. The Bertz CT molecular complexity index is 377. The molecule has 0 N–H and O–H groups in total. The number of ether oxygens (including phenoxy) is 1. The van der Waals surface area contributed by atoms with Crippen molar-refractivity contribution in [2.45, 2.75) is 49.6 Å². The predicted molar refractivity (Wildman–Crippen MR) is 88.4 cm³/mol. The summed E-state index contributed by atoms with van der Waals surface area (Å²) in [6.07, 6.45) is 0. The van der Waals surface area contributed by atoms with E-state index in [1.54, 1.807) is 7.11 Å². The standard InChI is InChI=1S/C15H28GeO2Si/c1-7-16(8-2,9-3)18-19(5,6)15-12-10-14(17-4)11-13-15/h10-13H,7-9H2,1-6H3. The molecule has 4 heteroatoms. The average Bonchev–Trinajstić information content (AvgIpc) is 2.45. The SMILES string of the molecule is C[CH2][Ge]([CH2]C)([CH2]C)[O][Si](C)(C)c1ccc(OC)cc1. The molecule has 1 rings (SSSR count). The van der Waals surface area contributed by atoms with E-state index < -0.39 is 21.9 Å². The summed E-state index contributed by atoms with van der Waals surface area (Å²) in [7, 11) is -0.0776. The van der Waals surface area contributed by atoms with Crippen LogP contribution >= 0.6 is 0 Å². The second-order valence-corrected chi connectivity index (χ2v) is 20.1. The number of benzene rings is 1. The van der Waals surface area contributed by atoms with Gasteiger partial charge in [0.1, 0.15) is 0 Å². The van der Waals surface area contributed by atoms with Crippen molar-refractivity contribution in [1.82, 2.24) is 0 Å². The molecule has 0 amide bonds. The van der Waals surface area contributed by atoms with Crippen molar-refractivity contribution in [1.29, 1.82) is 0 Å². The van der Waals surface area contributed by atoms with Crippen molar-refractivity contribution in [2.75, 3.05) is 7.11 Å². The Kier molecular flexibility index (Phi) is 6.14. The molecule has 0 aliphatic carbocycles. The molecule has 0 atom stereocenters. The van der Waals surface area contributed by atoms with Crippen LogP contribution < -0.4 is 9.92 Å². The summed E-state index contributed by atoms with van der Waals surface area (Å²) >= 11 is -2.07. The first-order valence-corrected chi connectivity index (χ1v) is 15.5. The first-order chi connectivity index (χ1) is 8.93. The zero-order valence-electron chi connectivity index (χ0n) is 13.2. The van der Waals surface area contributed by atoms with Gasteiger partial charge in [-0.2, -0.15) is 0 Å². The van der Waals surface area contributed by atoms with Crippen LogP contribution in [0.3, 0.4) is 0 Å². The number of methoxy groups -OCH3 is 1. The first-order valence-electron chi connectivity index (χ1n) is 7.27. The van der Waals surface area contributed by atoms with Gasteiger partial charge in [0.15, 0.2) is 0 Å². The molecule has 0 saturated carbocycles. The number of hydrogen-bond acceptors (Lipinski definition) is 2. The molecule has 0 fully saturated rings. The van der Waals surface area contributed by atoms with Crippen LogP contribution in [0.1, 0.15) is 20.8 Å². The van der Waals surface area contributed by atoms with Gasteiger partial charge in [-0.1, -0.05) is 0 Å². The van der Waals surface area contributed by atoms with Crippen molar-refractivity contribution in [3.05, 3.63) is 24.3 Å². The Morgan fingerprint density at radius 1 is 0.947 bits per heavy atom. The van der Waals surface area contributed by atoms with Crippen molar-refractivity contribution in [3.63, 3.8) is 0 Å². The molecular weight excluding hydrogens is 313 g/mol. The van der Waals surface area contributed by atoms with Crippen LogP contribution in [0.25, 0.3) is 0 Å². The van der Waals surface area contributed by atoms with Gasteiger partial charge in [-0.15, -0.1) is 0 Å². The second-order valence-electron chi connectivity index (χ2n) is 5.58. The van der Waals surface area contributed by atoms with E-state index in [-0.39, 0.29) is 0 Å². The molecular formula is C15H28GeO2Si. The average molecular weight is 341 g/mol. The van der Waals surface area contributed by atoms with Crippen LogP contribution in [0.4, 0.5) is 0 Å². The van der Waals surface area contributed by atoms with Crippen molar-refractivity contribution in [2.24, 2.45) is 0 Å². The van der Waals surface area contributed by atoms with E-state index >= 15 is 0 Å². The van der Waals surface area contributed by atoms with Gasteiger partial charge >= 0.3 is 122 Å². The van der Waals surface area contributed by atoms with Crippen LogP contribution in [0.5, 0.6) is 5.75 Å². The van der Waals surface area contributed by atoms with Crippen LogP contribution in [0, 0.1) is 0 Å². The molecule has 0 bridgehead atoms. The summed E-state index contributed by atoms with van der Waals surface area (Å²) in [5.41, 5.74) is 0. The fraction of sp³-hybridized carbons (Fsp3) is 0.600. The van der Waals surface area contributed by atoms with Gasteiger partial charge in [-0.25, -0.2) is 0 Å². The molecule has 0 aliphatic heterocycles. The van der Waals surface area contributed by atoms with E-state index in [2.05, 4.69) is 46.0 Å². The monoisotopic (exact) mass is 342 g/mol. The van der Waals surface area contributed by atoms with Crippen LogP contribution in [0.15, 0.2) is 24.3 Å². The second kappa shape index (κ2) is 6.95. The van der Waals surface area contributed by atoms with E-state index in [1.807, 2.05) is 12.1 Å². The summed E-state index contributed by atoms with van der Waals surface area (Å²) in [6.45, 7) is 11.6. The first kappa shape index (κ1) is 16.8. The van der Waals surface area contributed by atoms with Gasteiger partial charge in [-0.3, -0.25) is 0 Å². The van der Waals surface area contributed by atoms with E-state index in [0.717, 1.165) is 5.75 Å². The van der Waals surface area contributed by atoms with E-state index in [0.29, 0.717) is 0 Å². The molecule has 0 spiro atoms. The fourth-order valence-corrected chi connectivity index (χ4v) is 18.6. The molecule has 19 heavy (non-hydrogen) atoms. The van der Waals surface area contributed by atoms with Gasteiger partial charge in [0.05, 0.1) is 0 Å². The number of rotatable bonds is 7. The summed E-state index contributed by atoms with van der Waals surface area (Å²) < 4.78 is 12.1. The fourth-order valence-electron chi connectivity index (χ4n) is 2.56. The molecule has 0 heterocycles. The molecule has 2 nitrogen and oxygen atoms in total. The maximum atomic E-state index is 6.82. The molecule has 0 aromatic heterocycles. The zero-order valence-corrected chi connectivity index (χ0v) is 16.3. The third-order valence-electron chi connectivity index (χ3n) is 4.19. The maximum absolute atomic E-state index is 6.82. The van der Waals surface area contributed by atoms with E-state index in [1.165, 1.54) is 20.9 Å². The zero-order chi connectivity index (χ0) is 14.5. The van der Waals surface area contributed by atoms with Gasteiger partial charge in [0.25, 0.3) is 0 Å². The molecule has 0 aliphatic rings. The molecule has 1 aromatic rings. The van der Waals surface area contributed by atoms with Crippen molar-refractivity contribution in [3.8, 4) is 5.75 Å². The predicted octanol–water partition coefficient (Wildman–Crippen LogP) is 4.13. The quantitative estimate of drug-likeness (QED) is 0.695. The minimum atomic E-state index is -2.07. The Morgan fingerprint density at radius 2 is 1.42 bits per heavy atom. The molecule has 1 aromatic carbocycles. The van der Waals surface area contributed by atoms with E-state index in [4.69, 9.17) is 8.19 Å². The molecule has 108 valence electrons. The van der Waals surface area contributed by atoms with Crippen LogP contribution in [-0.2, 0) is 3.45 Å². The summed E-state index contributed by atoms with van der Waals surface area (Å²) in [5.74, 6) is 0.919. The third kappa shape index (κ3) is 4.10. The summed E-state index contributed by atoms with van der Waals surface area (Å²) in [5, 5.41) is 5.16.